The number of nitrogens with one attached hydrogen (secondary N) is 1. The maximum absolute atomic E-state index is 12.1. The second kappa shape index (κ2) is 9.05. The topological polar surface area (TPSA) is 80.6 Å². The van der Waals surface area contributed by atoms with Crippen molar-refractivity contribution in [1.82, 2.24) is 9.88 Å². The summed E-state index contributed by atoms with van der Waals surface area (Å²) in [6, 6.07) is 5.20. The highest BCUT2D eigenvalue weighted by Crippen LogP contribution is 2.30. The number of rotatable bonds is 9. The summed E-state index contributed by atoms with van der Waals surface area (Å²) in [6.07, 6.45) is 2.80. The zero-order valence-electron chi connectivity index (χ0n) is 16.4. The van der Waals surface area contributed by atoms with Crippen molar-refractivity contribution >= 4 is 16.9 Å². The average molecular weight is 361 g/mol. The maximum atomic E-state index is 12.1. The number of fused-ring (bicyclic) bond motifs is 1. The lowest BCUT2D eigenvalue weighted by Crippen LogP contribution is -2.36. The van der Waals surface area contributed by atoms with Gasteiger partial charge in [-0.05, 0) is 50.6 Å². The summed E-state index contributed by atoms with van der Waals surface area (Å²) in [5.74, 6) is 0.608. The molecule has 2 aromatic rings. The molecule has 0 fully saturated rings. The van der Waals surface area contributed by atoms with Crippen molar-refractivity contribution in [2.75, 3.05) is 20.6 Å². The molecule has 0 spiro atoms. The average Bonchev–Trinajstić information content (AvgIpc) is 2.96. The minimum Gasteiger partial charge on any atom is -0.454 e. The van der Waals surface area contributed by atoms with Crippen molar-refractivity contribution in [2.45, 2.75) is 45.9 Å². The van der Waals surface area contributed by atoms with Crippen LogP contribution in [-0.2, 0) is 16.0 Å². The van der Waals surface area contributed by atoms with Crippen molar-refractivity contribution in [3.63, 3.8) is 0 Å². The molecule has 1 heterocycles. The fourth-order valence-electron chi connectivity index (χ4n) is 2.92. The molecule has 0 amide bonds. The molecule has 0 aliphatic heterocycles. The van der Waals surface area contributed by atoms with Crippen LogP contribution in [0.3, 0.4) is 0 Å². The van der Waals surface area contributed by atoms with Crippen molar-refractivity contribution in [1.29, 1.82) is 0 Å². The molecule has 0 radical (unpaired) electrons. The van der Waals surface area contributed by atoms with E-state index in [1.54, 1.807) is 6.92 Å². The largest absolute Gasteiger partial charge is 0.454 e. The third kappa shape index (κ3) is 5.47. The van der Waals surface area contributed by atoms with E-state index in [1.807, 2.05) is 52.3 Å². The van der Waals surface area contributed by atoms with Crippen LogP contribution >= 0.6 is 0 Å². The Hall–Kier alpha value is -2.05. The van der Waals surface area contributed by atoms with Crippen molar-refractivity contribution in [2.24, 2.45) is 11.7 Å². The quantitative estimate of drug-likeness (QED) is 0.530. The van der Waals surface area contributed by atoms with Gasteiger partial charge >= 0.3 is 5.97 Å². The Morgan fingerprint density at radius 2 is 2.00 bits per heavy atom. The third-order valence-corrected chi connectivity index (χ3v) is 4.18. The fraction of sp³-hybridized carbons (Fsp3) is 0.550. The van der Waals surface area contributed by atoms with Crippen LogP contribution in [0.4, 0.5) is 0 Å². The second-order valence-corrected chi connectivity index (χ2v) is 7.40. The first-order valence-corrected chi connectivity index (χ1v) is 9.14. The Bertz CT molecular complexity index is 724. The first kappa shape index (κ1) is 20.3. The van der Waals surface area contributed by atoms with Crippen molar-refractivity contribution in [3.05, 3.63) is 30.0 Å². The number of ether oxygens (including phenoxy) is 2. The summed E-state index contributed by atoms with van der Waals surface area (Å²) < 4.78 is 11.3. The lowest BCUT2D eigenvalue weighted by atomic mass is 10.1. The van der Waals surface area contributed by atoms with Gasteiger partial charge in [-0.15, -0.1) is 0 Å². The molecule has 0 saturated carbocycles. The summed E-state index contributed by atoms with van der Waals surface area (Å²) in [7, 11) is 4.10. The summed E-state index contributed by atoms with van der Waals surface area (Å²) in [5, 5.41) is 1.03. The molecule has 6 heteroatoms. The Balaban J connectivity index is 2.09. The molecule has 2 atom stereocenters. The molecule has 1 aromatic heterocycles. The van der Waals surface area contributed by atoms with E-state index in [9.17, 15) is 4.79 Å². The predicted octanol–water partition coefficient (Wildman–Crippen LogP) is 2.91. The number of benzene rings is 1. The van der Waals surface area contributed by atoms with E-state index >= 15 is 0 Å². The Morgan fingerprint density at radius 3 is 2.65 bits per heavy atom. The Labute approximate surface area is 155 Å². The SMILES string of the molecule is CC(C)C[C@H](N)C(=O)OC(C)Oc1cccc2[nH]cc(CCN(C)C)c12. The highest BCUT2D eigenvalue weighted by atomic mass is 16.7. The maximum Gasteiger partial charge on any atom is 0.325 e. The molecule has 0 bridgehead atoms. The number of carbonyl (C=O) groups excluding carboxylic acids is 1. The zero-order chi connectivity index (χ0) is 19.3. The standard InChI is InChI=1S/C20H31N3O3/c1-13(2)11-16(21)20(24)26-14(3)25-18-8-6-7-17-19(18)15(12-22-17)9-10-23(4)5/h6-8,12-14,16,22H,9-11,21H2,1-5H3/t14?,16-/m0/s1. The molecule has 6 nitrogen and oxygen atoms in total. The van der Waals surface area contributed by atoms with Crippen LogP contribution in [0.5, 0.6) is 5.75 Å². The number of H-pyrrole nitrogens is 1. The summed E-state index contributed by atoms with van der Waals surface area (Å²) in [6.45, 7) is 6.70. The lowest BCUT2D eigenvalue weighted by molar-refractivity contribution is -0.163. The van der Waals surface area contributed by atoms with E-state index in [-0.39, 0.29) is 0 Å². The number of nitrogens with zero attached hydrogens (tertiary/aromatic N) is 1. The lowest BCUT2D eigenvalue weighted by Gasteiger charge is -2.19. The smallest absolute Gasteiger partial charge is 0.325 e. The molecule has 1 aromatic carbocycles. The van der Waals surface area contributed by atoms with Gasteiger partial charge in [-0.3, -0.25) is 4.79 Å². The molecule has 0 aliphatic carbocycles. The molecule has 2 rings (SSSR count). The first-order chi connectivity index (χ1) is 12.3. The van der Waals surface area contributed by atoms with Gasteiger partial charge in [0.2, 0.25) is 6.29 Å². The van der Waals surface area contributed by atoms with E-state index < -0.39 is 18.3 Å². The minimum absolute atomic E-state index is 0.335. The molecular formula is C20H31N3O3. The zero-order valence-corrected chi connectivity index (χ0v) is 16.4. The molecule has 144 valence electrons. The van der Waals surface area contributed by atoms with Gasteiger partial charge in [-0.2, -0.15) is 0 Å². The number of hydrogen-bond donors (Lipinski definition) is 2. The van der Waals surface area contributed by atoms with Gasteiger partial charge in [0.15, 0.2) is 0 Å². The highest BCUT2D eigenvalue weighted by molar-refractivity contribution is 5.89. The van der Waals surface area contributed by atoms with Gasteiger partial charge < -0.3 is 25.1 Å². The number of carbonyl (C=O) groups is 1. The van der Waals surface area contributed by atoms with Gasteiger partial charge in [0.05, 0.1) is 0 Å². The van der Waals surface area contributed by atoms with Crippen LogP contribution in [0.25, 0.3) is 10.9 Å². The van der Waals surface area contributed by atoms with Crippen LogP contribution in [-0.4, -0.2) is 48.8 Å². The molecule has 0 saturated heterocycles. The Morgan fingerprint density at radius 1 is 1.27 bits per heavy atom. The van der Waals surface area contributed by atoms with E-state index in [0.29, 0.717) is 18.1 Å². The Kier molecular flexibility index (Phi) is 7.06. The summed E-state index contributed by atoms with van der Waals surface area (Å²) in [4.78, 5) is 17.5. The summed E-state index contributed by atoms with van der Waals surface area (Å²) in [5.41, 5.74) is 8.07. The van der Waals surface area contributed by atoms with E-state index in [4.69, 9.17) is 15.2 Å². The summed E-state index contributed by atoms with van der Waals surface area (Å²) >= 11 is 0. The second-order valence-electron chi connectivity index (χ2n) is 7.40. The first-order valence-electron chi connectivity index (χ1n) is 9.14. The number of aromatic nitrogens is 1. The molecule has 0 aliphatic rings. The number of nitrogens with two attached hydrogens (primary N) is 1. The van der Waals surface area contributed by atoms with E-state index in [0.717, 1.165) is 23.9 Å². The van der Waals surface area contributed by atoms with Crippen LogP contribution in [0.1, 0.15) is 32.8 Å². The number of hydrogen-bond acceptors (Lipinski definition) is 5. The molecular weight excluding hydrogens is 330 g/mol. The molecule has 1 unspecified atom stereocenters. The van der Waals surface area contributed by atoms with Gasteiger partial charge in [-0.25, -0.2) is 0 Å². The minimum atomic E-state index is -0.706. The van der Waals surface area contributed by atoms with Gasteiger partial charge in [0.1, 0.15) is 11.8 Å². The van der Waals surface area contributed by atoms with E-state index in [1.165, 1.54) is 5.56 Å². The monoisotopic (exact) mass is 361 g/mol. The predicted molar refractivity (Wildman–Crippen MR) is 104 cm³/mol. The van der Waals surface area contributed by atoms with Crippen LogP contribution < -0.4 is 10.5 Å². The van der Waals surface area contributed by atoms with Crippen molar-refractivity contribution in [3.8, 4) is 5.75 Å². The van der Waals surface area contributed by atoms with Crippen LogP contribution in [0, 0.1) is 5.92 Å². The third-order valence-electron chi connectivity index (χ3n) is 4.18. The van der Waals surface area contributed by atoms with Crippen LogP contribution in [0.15, 0.2) is 24.4 Å². The van der Waals surface area contributed by atoms with Crippen LogP contribution in [0.2, 0.25) is 0 Å². The van der Waals surface area contributed by atoms with Gasteiger partial charge in [0.25, 0.3) is 0 Å². The van der Waals surface area contributed by atoms with Crippen molar-refractivity contribution < 1.29 is 14.3 Å². The number of aromatic amines is 1. The fourth-order valence-corrected chi connectivity index (χ4v) is 2.92. The normalized spacial score (nSPS) is 14.0. The van der Waals surface area contributed by atoms with E-state index in [2.05, 4.69) is 9.88 Å². The highest BCUT2D eigenvalue weighted by Gasteiger charge is 2.20. The number of esters is 1. The molecule has 3 N–H and O–H groups in total. The van der Waals surface area contributed by atoms with Gasteiger partial charge in [-0.1, -0.05) is 19.9 Å². The number of likely N-dealkylation sites (N-methyl/N-ethyl adjacent to an activating group) is 1. The van der Waals surface area contributed by atoms with Gasteiger partial charge in [0, 0.05) is 30.6 Å². The molecule has 26 heavy (non-hydrogen) atoms.